The number of methoxy groups -OCH3 is 1. The highest BCUT2D eigenvalue weighted by molar-refractivity contribution is 8.77. The summed E-state index contributed by atoms with van der Waals surface area (Å²) >= 11 is 6.36. The van der Waals surface area contributed by atoms with Gasteiger partial charge in [0.05, 0.1) is 7.11 Å². The molecular formula is C26H33ClN4O10S2. The number of carbonyl (C=O) groups is 6. The summed E-state index contributed by atoms with van der Waals surface area (Å²) in [6, 6.07) is 3.48. The summed E-state index contributed by atoms with van der Waals surface area (Å²) in [5.74, 6) is -5.73. The lowest BCUT2D eigenvalue weighted by atomic mass is 9.98. The van der Waals surface area contributed by atoms with Gasteiger partial charge in [-0.05, 0) is 30.0 Å². The second-order valence-corrected chi connectivity index (χ2v) is 12.4. The minimum atomic E-state index is -1.29. The number of hydrogen-bond acceptors (Lipinski definition) is 11. The van der Waals surface area contributed by atoms with E-state index >= 15 is 0 Å². The van der Waals surface area contributed by atoms with Crippen molar-refractivity contribution in [1.29, 1.82) is 0 Å². The molecule has 236 valence electrons. The molecule has 2 amide bonds. The molecule has 1 aromatic carbocycles. The molecule has 0 spiro atoms. The molecule has 0 aliphatic carbocycles. The Kier molecular flexibility index (Phi) is 14.8. The topological polar surface area (TPSA) is 226 Å². The van der Waals surface area contributed by atoms with Gasteiger partial charge in [0.25, 0.3) is 0 Å². The van der Waals surface area contributed by atoms with Gasteiger partial charge in [0, 0.05) is 41.6 Å². The molecule has 2 unspecified atom stereocenters. The van der Waals surface area contributed by atoms with Crippen molar-refractivity contribution in [2.75, 3.05) is 32.5 Å². The van der Waals surface area contributed by atoms with Gasteiger partial charge in [-0.3, -0.25) is 24.1 Å². The molecule has 1 aromatic rings. The number of ether oxygens (including phenoxy) is 1. The van der Waals surface area contributed by atoms with Gasteiger partial charge in [0.15, 0.2) is 0 Å². The molecule has 1 saturated heterocycles. The number of piperidine rings is 1. The highest BCUT2D eigenvalue weighted by atomic mass is 35.5. The first-order valence-corrected chi connectivity index (χ1v) is 15.6. The first kappa shape index (κ1) is 35.9. The molecule has 1 heterocycles. The summed E-state index contributed by atoms with van der Waals surface area (Å²) in [6.07, 6.45) is 1.04. The fourth-order valence-corrected chi connectivity index (χ4v) is 7.24. The highest BCUT2D eigenvalue weighted by Gasteiger charge is 2.36. The summed E-state index contributed by atoms with van der Waals surface area (Å²) in [6.45, 7) is -0.189. The number of halogens is 1. The van der Waals surface area contributed by atoms with E-state index in [4.69, 9.17) is 32.3 Å². The van der Waals surface area contributed by atoms with Crippen molar-refractivity contribution in [3.8, 4) is 0 Å². The number of hydrogen-bond donors (Lipinski definition) is 6. The molecule has 1 aliphatic heterocycles. The van der Waals surface area contributed by atoms with Crippen molar-refractivity contribution in [2.24, 2.45) is 5.73 Å². The predicted octanol–water partition coefficient (Wildman–Crippen LogP) is 0.899. The Balaban J connectivity index is 2.13. The summed E-state index contributed by atoms with van der Waals surface area (Å²) in [4.78, 5) is 73.0. The van der Waals surface area contributed by atoms with Crippen LogP contribution in [0.5, 0.6) is 0 Å². The molecule has 14 nitrogen and oxygen atoms in total. The van der Waals surface area contributed by atoms with Gasteiger partial charge in [-0.2, -0.15) is 0 Å². The smallest absolute Gasteiger partial charge is 0.328 e. The van der Waals surface area contributed by atoms with Crippen molar-refractivity contribution in [3.05, 3.63) is 46.5 Å². The Bertz CT molecular complexity index is 1230. The van der Waals surface area contributed by atoms with Gasteiger partial charge in [-0.1, -0.05) is 51.4 Å². The van der Waals surface area contributed by atoms with Crippen LogP contribution in [0.2, 0.25) is 5.02 Å². The molecule has 0 saturated carbocycles. The fourth-order valence-electron chi connectivity index (χ4n) is 4.13. The van der Waals surface area contributed by atoms with E-state index in [0.29, 0.717) is 29.1 Å². The number of nitrogens with zero attached hydrogens (tertiary/aromatic N) is 1. The van der Waals surface area contributed by atoms with Gasteiger partial charge in [-0.25, -0.2) is 9.59 Å². The number of rotatable bonds is 16. The van der Waals surface area contributed by atoms with Crippen LogP contribution < -0.4 is 16.4 Å². The lowest BCUT2D eigenvalue weighted by Gasteiger charge is -2.37. The highest BCUT2D eigenvalue weighted by Crippen LogP contribution is 2.39. The average molecular weight is 661 g/mol. The van der Waals surface area contributed by atoms with Crippen LogP contribution in [0.25, 0.3) is 0 Å². The Labute approximate surface area is 260 Å². The lowest BCUT2D eigenvalue weighted by molar-refractivity contribution is -0.147. The van der Waals surface area contributed by atoms with Gasteiger partial charge >= 0.3 is 23.9 Å². The van der Waals surface area contributed by atoms with Gasteiger partial charge in [-0.15, -0.1) is 0 Å². The van der Waals surface area contributed by atoms with Crippen LogP contribution in [0, 0.1) is 0 Å². The fraction of sp³-hybridized carbons (Fsp3) is 0.462. The average Bonchev–Trinajstić information content (AvgIpc) is 2.95. The number of likely N-dealkylation sites (tertiary alicyclic amines) is 1. The van der Waals surface area contributed by atoms with Crippen molar-refractivity contribution >= 4 is 68.9 Å². The maximum absolute atomic E-state index is 12.8. The van der Waals surface area contributed by atoms with Crippen LogP contribution in [-0.4, -0.2) is 106 Å². The second-order valence-electron chi connectivity index (χ2n) is 9.35. The number of benzene rings is 1. The second kappa shape index (κ2) is 17.7. The summed E-state index contributed by atoms with van der Waals surface area (Å²) in [7, 11) is 3.68. The van der Waals surface area contributed by atoms with Crippen molar-refractivity contribution < 1.29 is 48.8 Å². The lowest BCUT2D eigenvalue weighted by Crippen LogP contribution is -2.49. The molecule has 7 N–H and O–H groups in total. The molecule has 1 fully saturated rings. The minimum absolute atomic E-state index is 0.0161. The van der Waals surface area contributed by atoms with E-state index in [1.807, 2.05) is 0 Å². The van der Waals surface area contributed by atoms with E-state index in [1.165, 1.54) is 17.9 Å². The molecule has 17 heteroatoms. The van der Waals surface area contributed by atoms with Crippen molar-refractivity contribution in [1.82, 2.24) is 15.5 Å². The van der Waals surface area contributed by atoms with Gasteiger partial charge < -0.3 is 36.4 Å². The first-order chi connectivity index (χ1) is 20.3. The van der Waals surface area contributed by atoms with Crippen molar-refractivity contribution in [2.45, 2.75) is 42.6 Å². The molecule has 0 aromatic heterocycles. The van der Waals surface area contributed by atoms with Gasteiger partial charge in [0.1, 0.15) is 24.7 Å². The monoisotopic (exact) mass is 660 g/mol. The number of aliphatic carboxylic acids is 3. The van der Waals surface area contributed by atoms with E-state index in [2.05, 4.69) is 10.6 Å². The van der Waals surface area contributed by atoms with E-state index in [0.717, 1.165) is 16.9 Å². The zero-order valence-electron chi connectivity index (χ0n) is 23.1. The van der Waals surface area contributed by atoms with E-state index in [1.54, 1.807) is 29.2 Å². The number of esters is 1. The van der Waals surface area contributed by atoms with Gasteiger partial charge in [0.2, 0.25) is 11.8 Å². The van der Waals surface area contributed by atoms with E-state index in [-0.39, 0.29) is 30.4 Å². The Morgan fingerprint density at radius 3 is 2.49 bits per heavy atom. The third-order valence-corrected chi connectivity index (χ3v) is 9.49. The molecule has 2 rings (SSSR count). The number of carbonyl (C=O) groups excluding carboxylic acids is 3. The van der Waals surface area contributed by atoms with Crippen LogP contribution in [0.4, 0.5) is 0 Å². The molecule has 0 bridgehead atoms. The third kappa shape index (κ3) is 11.7. The quantitative estimate of drug-likeness (QED) is 0.0823. The molecule has 1 aliphatic rings. The Morgan fingerprint density at radius 2 is 1.88 bits per heavy atom. The zero-order valence-corrected chi connectivity index (χ0v) is 25.5. The predicted molar refractivity (Wildman–Crippen MR) is 159 cm³/mol. The van der Waals surface area contributed by atoms with E-state index < -0.39 is 60.4 Å². The Morgan fingerprint density at radius 1 is 1.19 bits per heavy atom. The van der Waals surface area contributed by atoms with E-state index in [9.17, 15) is 33.9 Å². The molecule has 4 atom stereocenters. The van der Waals surface area contributed by atoms with Crippen LogP contribution in [0.3, 0.4) is 0 Å². The number of carboxylic acids is 3. The minimum Gasteiger partial charge on any atom is -0.480 e. The Hall–Kier alpha value is -3.31. The number of carboxylic acid groups (broad SMARTS) is 3. The summed E-state index contributed by atoms with van der Waals surface area (Å²) in [5.41, 5.74) is 6.44. The van der Waals surface area contributed by atoms with Crippen molar-refractivity contribution in [3.63, 3.8) is 0 Å². The standard InChI is InChI=1S/C26H33ClN4O10S2/c1-41-26(40)23(15-4-2-3-5-16(15)27)31-9-8-19(14(12-31)10-21(33)34)43-42-13-18(24(37)29-11-22(35)36)30-20(32)7-6-17(28)25(38)39/h2-5,10,17-19,23H,6-9,11-13,28H2,1H3,(H,29,37)(H,30,32)(H,33,34)(H,35,36)(H,38,39)/b14-10+/t17-,18-,19?,23?/m0/s1. The largest absolute Gasteiger partial charge is 0.480 e. The molecule has 0 radical (unpaired) electrons. The van der Waals surface area contributed by atoms with Crippen LogP contribution in [0.1, 0.15) is 30.9 Å². The maximum atomic E-state index is 12.8. The third-order valence-electron chi connectivity index (χ3n) is 6.26. The summed E-state index contributed by atoms with van der Waals surface area (Å²) in [5, 5.41) is 32.0. The number of nitrogens with two attached hydrogens (primary N) is 1. The van der Waals surface area contributed by atoms with Crippen LogP contribution in [0.15, 0.2) is 35.9 Å². The number of nitrogens with one attached hydrogen (secondary N) is 2. The molecule has 43 heavy (non-hydrogen) atoms. The summed E-state index contributed by atoms with van der Waals surface area (Å²) < 4.78 is 5.01. The normalized spacial score (nSPS) is 18.2. The first-order valence-electron chi connectivity index (χ1n) is 12.9. The van der Waals surface area contributed by atoms with Crippen LogP contribution >= 0.6 is 33.2 Å². The van der Waals surface area contributed by atoms with Crippen LogP contribution in [-0.2, 0) is 33.5 Å². The molecular weight excluding hydrogens is 628 g/mol. The SMILES string of the molecule is COC(=O)C(c1ccccc1Cl)N1CCC(SSC[C@H](NC(=O)CC[C@H](N)C(=O)O)C(=O)NCC(=O)O)/C(=C/C(=O)O)C1. The zero-order chi connectivity index (χ0) is 32.1. The maximum Gasteiger partial charge on any atom is 0.328 e. The number of amides is 2.